The van der Waals surface area contributed by atoms with E-state index < -0.39 is 21.4 Å². The highest BCUT2D eigenvalue weighted by Gasteiger charge is 2.24. The molecule has 7 heteroatoms. The van der Waals surface area contributed by atoms with Gasteiger partial charge in [-0.05, 0) is 43.9 Å². The number of sulfonamides is 1. The molecule has 4 nitrogen and oxygen atoms in total. The minimum absolute atomic E-state index is 0.119. The van der Waals surface area contributed by atoms with Crippen LogP contribution in [0.3, 0.4) is 0 Å². The van der Waals surface area contributed by atoms with Crippen LogP contribution in [0.25, 0.3) is 0 Å². The highest BCUT2D eigenvalue weighted by Crippen LogP contribution is 2.15. The van der Waals surface area contributed by atoms with Gasteiger partial charge in [0.15, 0.2) is 0 Å². The fraction of sp³-hybridized carbons (Fsp3) is 0.500. The Kier molecular flexibility index (Phi) is 5.37. The number of hydrogen-bond acceptors (Lipinski definition) is 4. The number of rotatable bonds is 6. The summed E-state index contributed by atoms with van der Waals surface area (Å²) < 4.78 is 39.5. The molecule has 0 aliphatic heterocycles. The summed E-state index contributed by atoms with van der Waals surface area (Å²) in [6.45, 7) is 3.04. The smallest absolute Gasteiger partial charge is 0.240 e. The minimum Gasteiger partial charge on any atom is -0.388 e. The second-order valence-electron chi connectivity index (χ2n) is 4.72. The predicted octanol–water partition coefficient (Wildman–Crippen LogP) is 1.53. The second kappa shape index (κ2) is 6.21. The third-order valence-electron chi connectivity index (χ3n) is 2.42. The fourth-order valence-corrected chi connectivity index (χ4v) is 3.55. The van der Waals surface area contributed by atoms with Crippen molar-refractivity contribution >= 4 is 21.8 Å². The largest absolute Gasteiger partial charge is 0.388 e. The highest BCUT2D eigenvalue weighted by molar-refractivity contribution is 7.98. The average molecular weight is 307 g/mol. The van der Waals surface area contributed by atoms with E-state index in [1.54, 1.807) is 13.8 Å². The van der Waals surface area contributed by atoms with Crippen molar-refractivity contribution in [2.75, 3.05) is 18.6 Å². The van der Waals surface area contributed by atoms with Crippen molar-refractivity contribution in [3.05, 3.63) is 29.6 Å². The van der Waals surface area contributed by atoms with Gasteiger partial charge in [-0.3, -0.25) is 0 Å². The van der Waals surface area contributed by atoms with Crippen molar-refractivity contribution in [3.63, 3.8) is 0 Å². The Bertz CT molecular complexity index is 524. The van der Waals surface area contributed by atoms with E-state index >= 15 is 0 Å². The zero-order valence-electron chi connectivity index (χ0n) is 11.1. The molecule has 1 rings (SSSR count). The molecule has 0 aromatic heterocycles. The molecule has 19 heavy (non-hydrogen) atoms. The molecule has 0 saturated heterocycles. The maximum absolute atomic E-state index is 13.2. The van der Waals surface area contributed by atoms with E-state index in [0.29, 0.717) is 11.3 Å². The predicted molar refractivity (Wildman–Crippen MR) is 75.3 cm³/mol. The van der Waals surface area contributed by atoms with Gasteiger partial charge in [-0.15, -0.1) is 0 Å². The topological polar surface area (TPSA) is 66.4 Å². The number of aryl methyl sites for hydroxylation is 1. The molecule has 0 aliphatic rings. The summed E-state index contributed by atoms with van der Waals surface area (Å²) in [5.74, 6) is -0.200. The SMILES string of the molecule is CSC[C@](C)(O)CNS(=O)(=O)c1cc(C)cc(F)c1. The summed E-state index contributed by atoms with van der Waals surface area (Å²) in [6.07, 6.45) is 1.82. The van der Waals surface area contributed by atoms with Gasteiger partial charge in [0.05, 0.1) is 10.5 Å². The fourth-order valence-electron chi connectivity index (χ4n) is 1.55. The van der Waals surface area contributed by atoms with Crippen molar-refractivity contribution in [2.24, 2.45) is 0 Å². The summed E-state index contributed by atoms with van der Waals surface area (Å²) in [6, 6.07) is 3.59. The Balaban J connectivity index is 2.87. The Morgan fingerprint density at radius 3 is 2.58 bits per heavy atom. The minimum atomic E-state index is -3.82. The van der Waals surface area contributed by atoms with Crippen LogP contribution in [0.2, 0.25) is 0 Å². The van der Waals surface area contributed by atoms with Crippen LogP contribution in [0.4, 0.5) is 4.39 Å². The maximum atomic E-state index is 13.2. The lowest BCUT2D eigenvalue weighted by Gasteiger charge is -2.22. The highest BCUT2D eigenvalue weighted by atomic mass is 32.2. The first kappa shape index (κ1) is 16.4. The van der Waals surface area contributed by atoms with Gasteiger partial charge < -0.3 is 5.11 Å². The Labute approximate surface area is 117 Å². The number of hydrogen-bond donors (Lipinski definition) is 2. The van der Waals surface area contributed by atoms with Crippen LogP contribution >= 0.6 is 11.8 Å². The van der Waals surface area contributed by atoms with E-state index in [2.05, 4.69) is 4.72 Å². The van der Waals surface area contributed by atoms with Gasteiger partial charge in [-0.25, -0.2) is 17.5 Å². The number of nitrogens with one attached hydrogen (secondary N) is 1. The zero-order chi connectivity index (χ0) is 14.7. The summed E-state index contributed by atoms with van der Waals surface area (Å²) in [5.41, 5.74) is -0.620. The lowest BCUT2D eigenvalue weighted by molar-refractivity contribution is 0.0908. The molecule has 0 amide bonds. The van der Waals surface area contributed by atoms with Crippen LogP contribution in [0.1, 0.15) is 12.5 Å². The van der Waals surface area contributed by atoms with Gasteiger partial charge in [0.25, 0.3) is 0 Å². The summed E-state index contributed by atoms with van der Waals surface area (Å²) in [7, 11) is -3.82. The molecular formula is C12H18FNO3S2. The van der Waals surface area contributed by atoms with Gasteiger partial charge in [0.2, 0.25) is 10.0 Å². The standard InChI is InChI=1S/C12H18FNO3S2/c1-9-4-10(13)6-11(5-9)19(16,17)14-7-12(2,15)8-18-3/h4-6,14-15H,7-8H2,1-3H3/t12-/m1/s1. The molecule has 2 N–H and O–H groups in total. The Morgan fingerprint density at radius 2 is 2.05 bits per heavy atom. The summed E-state index contributed by atoms with van der Waals surface area (Å²) >= 11 is 1.42. The van der Waals surface area contributed by atoms with E-state index in [0.717, 1.165) is 6.07 Å². The third kappa shape index (κ3) is 5.10. The van der Waals surface area contributed by atoms with Crippen LogP contribution in [-0.2, 0) is 10.0 Å². The maximum Gasteiger partial charge on any atom is 0.240 e. The third-order valence-corrected chi connectivity index (χ3v) is 4.72. The first-order chi connectivity index (χ1) is 8.66. The van der Waals surface area contributed by atoms with Crippen LogP contribution in [0, 0.1) is 12.7 Å². The quantitative estimate of drug-likeness (QED) is 0.836. The lowest BCUT2D eigenvalue weighted by Crippen LogP contribution is -2.42. The molecule has 0 aliphatic carbocycles. The molecule has 0 bridgehead atoms. The molecule has 0 spiro atoms. The van der Waals surface area contributed by atoms with Crippen molar-refractivity contribution in [3.8, 4) is 0 Å². The monoisotopic (exact) mass is 307 g/mol. The molecular weight excluding hydrogens is 289 g/mol. The normalized spacial score (nSPS) is 15.2. The molecule has 0 fully saturated rings. The van der Waals surface area contributed by atoms with Crippen LogP contribution in [-0.4, -0.2) is 37.7 Å². The number of benzene rings is 1. The lowest BCUT2D eigenvalue weighted by atomic mass is 10.1. The zero-order valence-corrected chi connectivity index (χ0v) is 12.7. The number of thioether (sulfide) groups is 1. The van der Waals surface area contributed by atoms with E-state index in [-0.39, 0.29) is 11.4 Å². The van der Waals surface area contributed by atoms with Crippen LogP contribution in [0.15, 0.2) is 23.1 Å². The molecule has 108 valence electrons. The molecule has 1 atom stereocenters. The summed E-state index contributed by atoms with van der Waals surface area (Å²) in [4.78, 5) is -0.134. The van der Waals surface area contributed by atoms with Gasteiger partial charge in [-0.1, -0.05) is 0 Å². The molecule has 0 saturated carbocycles. The molecule has 0 radical (unpaired) electrons. The second-order valence-corrected chi connectivity index (χ2v) is 7.35. The van der Waals surface area contributed by atoms with Crippen LogP contribution in [0.5, 0.6) is 0 Å². The number of halogens is 1. The van der Waals surface area contributed by atoms with E-state index in [4.69, 9.17) is 0 Å². The van der Waals surface area contributed by atoms with E-state index in [9.17, 15) is 17.9 Å². The van der Waals surface area contributed by atoms with Gasteiger partial charge in [0, 0.05) is 12.3 Å². The first-order valence-corrected chi connectivity index (χ1v) is 8.52. The van der Waals surface area contributed by atoms with Crippen molar-refractivity contribution in [1.82, 2.24) is 4.72 Å². The number of aliphatic hydroxyl groups is 1. The summed E-state index contributed by atoms with van der Waals surface area (Å²) in [5, 5.41) is 9.91. The van der Waals surface area contributed by atoms with E-state index in [1.807, 2.05) is 6.26 Å². The van der Waals surface area contributed by atoms with E-state index in [1.165, 1.54) is 23.9 Å². The molecule has 1 aromatic rings. The first-order valence-electron chi connectivity index (χ1n) is 5.64. The van der Waals surface area contributed by atoms with Crippen molar-refractivity contribution in [2.45, 2.75) is 24.3 Å². The average Bonchev–Trinajstić information content (AvgIpc) is 2.25. The van der Waals surface area contributed by atoms with Gasteiger partial charge >= 0.3 is 0 Å². The van der Waals surface area contributed by atoms with Crippen molar-refractivity contribution < 1.29 is 17.9 Å². The Morgan fingerprint density at radius 1 is 1.42 bits per heavy atom. The Hall–Kier alpha value is -0.630. The molecule has 0 unspecified atom stereocenters. The molecule has 1 aromatic carbocycles. The van der Waals surface area contributed by atoms with Gasteiger partial charge in [-0.2, -0.15) is 11.8 Å². The van der Waals surface area contributed by atoms with Crippen molar-refractivity contribution in [1.29, 1.82) is 0 Å². The molecule has 0 heterocycles. The van der Waals surface area contributed by atoms with Gasteiger partial charge in [0.1, 0.15) is 5.82 Å². The van der Waals surface area contributed by atoms with Crippen LogP contribution < -0.4 is 4.72 Å².